The second kappa shape index (κ2) is 9.22. The van der Waals surface area contributed by atoms with Crippen LogP contribution >= 0.6 is 12.4 Å². The van der Waals surface area contributed by atoms with Crippen LogP contribution in [0.4, 0.5) is 0 Å². The minimum absolute atomic E-state index is 0. The zero-order valence-electron chi connectivity index (χ0n) is 11.9. The number of nitrogens with zero attached hydrogens (tertiary/aromatic N) is 1. The zero-order valence-corrected chi connectivity index (χ0v) is 12.8. The quantitative estimate of drug-likeness (QED) is 0.812. The van der Waals surface area contributed by atoms with Crippen molar-refractivity contribution in [3.63, 3.8) is 0 Å². The van der Waals surface area contributed by atoms with Gasteiger partial charge in [0.1, 0.15) is 12.4 Å². The highest BCUT2D eigenvalue weighted by Gasteiger charge is 2.09. The van der Waals surface area contributed by atoms with Crippen LogP contribution < -0.4 is 4.74 Å². The molecule has 1 aliphatic heterocycles. The van der Waals surface area contributed by atoms with Gasteiger partial charge in [-0.1, -0.05) is 38.0 Å². The van der Waals surface area contributed by atoms with Gasteiger partial charge in [-0.2, -0.15) is 0 Å². The van der Waals surface area contributed by atoms with Crippen molar-refractivity contribution >= 4 is 12.4 Å². The van der Waals surface area contributed by atoms with E-state index in [2.05, 4.69) is 36.1 Å². The number of rotatable bonds is 5. The smallest absolute Gasteiger partial charge is 0.122 e. The molecule has 0 saturated carbocycles. The molecule has 19 heavy (non-hydrogen) atoms. The predicted octanol–water partition coefficient (Wildman–Crippen LogP) is 3.93. The molecule has 0 aliphatic carbocycles. The molecule has 0 atom stereocenters. The van der Waals surface area contributed by atoms with Crippen LogP contribution in [0.3, 0.4) is 0 Å². The predicted molar refractivity (Wildman–Crippen MR) is 83.5 cm³/mol. The number of para-hydroxylation sites is 1. The fourth-order valence-corrected chi connectivity index (χ4v) is 2.58. The van der Waals surface area contributed by atoms with Crippen molar-refractivity contribution < 1.29 is 4.74 Å². The number of ether oxygens (including phenoxy) is 1. The van der Waals surface area contributed by atoms with Crippen LogP contribution in [0.1, 0.15) is 38.2 Å². The van der Waals surface area contributed by atoms with E-state index in [0.717, 1.165) is 25.3 Å². The standard InChI is InChI=1S/C16H25NO.ClH/c1-2-15-9-5-6-10-16(15)18-14-13-17-11-7-3-4-8-12-17;/h5-6,9-10H,2-4,7-8,11-14H2,1H3;1H. The molecule has 1 saturated heterocycles. The first kappa shape index (κ1) is 16.3. The minimum Gasteiger partial charge on any atom is -0.492 e. The highest BCUT2D eigenvalue weighted by molar-refractivity contribution is 5.85. The van der Waals surface area contributed by atoms with E-state index in [0.29, 0.717) is 0 Å². The van der Waals surface area contributed by atoms with Gasteiger partial charge in [0.05, 0.1) is 0 Å². The highest BCUT2D eigenvalue weighted by atomic mass is 35.5. The highest BCUT2D eigenvalue weighted by Crippen LogP contribution is 2.18. The Morgan fingerprint density at radius 1 is 1.05 bits per heavy atom. The maximum Gasteiger partial charge on any atom is 0.122 e. The van der Waals surface area contributed by atoms with E-state index in [4.69, 9.17) is 4.74 Å². The molecule has 0 amide bonds. The third-order valence-corrected chi connectivity index (χ3v) is 3.72. The summed E-state index contributed by atoms with van der Waals surface area (Å²) in [5.41, 5.74) is 1.31. The van der Waals surface area contributed by atoms with E-state index in [1.54, 1.807) is 0 Å². The lowest BCUT2D eigenvalue weighted by Gasteiger charge is -2.20. The fourth-order valence-electron chi connectivity index (χ4n) is 2.58. The van der Waals surface area contributed by atoms with Gasteiger partial charge in [0.25, 0.3) is 0 Å². The molecule has 2 nitrogen and oxygen atoms in total. The molecular weight excluding hydrogens is 258 g/mol. The molecule has 108 valence electrons. The van der Waals surface area contributed by atoms with Gasteiger partial charge in [0, 0.05) is 6.54 Å². The Balaban J connectivity index is 0.00000180. The molecule has 1 heterocycles. The maximum atomic E-state index is 5.93. The number of aryl methyl sites for hydroxylation is 1. The van der Waals surface area contributed by atoms with Gasteiger partial charge in [-0.3, -0.25) is 4.90 Å². The van der Waals surface area contributed by atoms with Gasteiger partial charge in [-0.05, 0) is 44.0 Å². The van der Waals surface area contributed by atoms with Crippen molar-refractivity contribution in [3.05, 3.63) is 29.8 Å². The van der Waals surface area contributed by atoms with E-state index in [-0.39, 0.29) is 12.4 Å². The molecule has 0 radical (unpaired) electrons. The monoisotopic (exact) mass is 283 g/mol. The summed E-state index contributed by atoms with van der Waals surface area (Å²) >= 11 is 0. The Hall–Kier alpha value is -0.730. The topological polar surface area (TPSA) is 12.5 Å². The Labute approximate surface area is 123 Å². The molecule has 1 aromatic carbocycles. The van der Waals surface area contributed by atoms with Crippen molar-refractivity contribution in [1.29, 1.82) is 0 Å². The average Bonchev–Trinajstić information content (AvgIpc) is 2.68. The first-order chi connectivity index (χ1) is 8.90. The lowest BCUT2D eigenvalue weighted by molar-refractivity contribution is 0.213. The molecule has 2 rings (SSSR count). The second-order valence-corrected chi connectivity index (χ2v) is 5.07. The lowest BCUT2D eigenvalue weighted by Crippen LogP contribution is -2.29. The lowest BCUT2D eigenvalue weighted by atomic mass is 10.1. The zero-order chi connectivity index (χ0) is 12.6. The molecule has 1 fully saturated rings. The summed E-state index contributed by atoms with van der Waals surface area (Å²) in [7, 11) is 0. The van der Waals surface area contributed by atoms with E-state index >= 15 is 0 Å². The molecule has 0 N–H and O–H groups in total. The maximum absolute atomic E-state index is 5.93. The van der Waals surface area contributed by atoms with Crippen LogP contribution in [0.25, 0.3) is 0 Å². The van der Waals surface area contributed by atoms with Crippen molar-refractivity contribution in [1.82, 2.24) is 4.90 Å². The van der Waals surface area contributed by atoms with Crippen molar-refractivity contribution in [2.75, 3.05) is 26.2 Å². The SMILES string of the molecule is CCc1ccccc1OCCN1CCCCCC1.Cl. The average molecular weight is 284 g/mol. The number of halogens is 1. The number of hydrogen-bond acceptors (Lipinski definition) is 2. The van der Waals surface area contributed by atoms with Crippen molar-refractivity contribution in [2.24, 2.45) is 0 Å². The first-order valence-corrected chi connectivity index (χ1v) is 7.33. The van der Waals surface area contributed by atoms with Crippen LogP contribution in [-0.2, 0) is 6.42 Å². The van der Waals surface area contributed by atoms with Gasteiger partial charge in [-0.15, -0.1) is 12.4 Å². The van der Waals surface area contributed by atoms with E-state index < -0.39 is 0 Å². The van der Waals surface area contributed by atoms with Gasteiger partial charge in [0.2, 0.25) is 0 Å². The molecule has 1 aromatic rings. The van der Waals surface area contributed by atoms with Gasteiger partial charge < -0.3 is 4.74 Å². The second-order valence-electron chi connectivity index (χ2n) is 5.07. The molecule has 0 unspecified atom stereocenters. The third kappa shape index (κ3) is 5.42. The molecular formula is C16H26ClNO. The molecule has 0 aromatic heterocycles. The summed E-state index contributed by atoms with van der Waals surface area (Å²) < 4.78 is 5.93. The number of benzene rings is 1. The fraction of sp³-hybridized carbons (Fsp3) is 0.625. The van der Waals surface area contributed by atoms with Gasteiger partial charge in [-0.25, -0.2) is 0 Å². The number of likely N-dealkylation sites (tertiary alicyclic amines) is 1. The van der Waals surface area contributed by atoms with Gasteiger partial charge in [0.15, 0.2) is 0 Å². The van der Waals surface area contributed by atoms with Crippen LogP contribution in [0.15, 0.2) is 24.3 Å². The molecule has 0 spiro atoms. The number of hydrogen-bond donors (Lipinski definition) is 0. The van der Waals surface area contributed by atoms with Crippen LogP contribution in [-0.4, -0.2) is 31.1 Å². The Bertz CT molecular complexity index is 348. The van der Waals surface area contributed by atoms with E-state index in [1.165, 1.54) is 44.3 Å². The summed E-state index contributed by atoms with van der Waals surface area (Å²) in [4.78, 5) is 2.54. The van der Waals surface area contributed by atoms with Crippen LogP contribution in [0.2, 0.25) is 0 Å². The van der Waals surface area contributed by atoms with E-state index in [1.807, 2.05) is 0 Å². The normalized spacial score (nSPS) is 16.5. The summed E-state index contributed by atoms with van der Waals surface area (Å²) in [6.45, 7) is 6.56. The summed E-state index contributed by atoms with van der Waals surface area (Å²) in [5.74, 6) is 1.06. The van der Waals surface area contributed by atoms with Gasteiger partial charge >= 0.3 is 0 Å². The van der Waals surface area contributed by atoms with Crippen molar-refractivity contribution in [3.8, 4) is 5.75 Å². The van der Waals surface area contributed by atoms with Crippen LogP contribution in [0.5, 0.6) is 5.75 Å². The largest absolute Gasteiger partial charge is 0.492 e. The summed E-state index contributed by atoms with van der Waals surface area (Å²) in [5, 5.41) is 0. The molecule has 0 bridgehead atoms. The Kier molecular flexibility index (Phi) is 7.92. The van der Waals surface area contributed by atoms with Crippen LogP contribution in [0, 0.1) is 0 Å². The summed E-state index contributed by atoms with van der Waals surface area (Å²) in [6.07, 6.45) is 6.54. The molecule has 3 heteroatoms. The first-order valence-electron chi connectivity index (χ1n) is 7.33. The summed E-state index contributed by atoms with van der Waals surface area (Å²) in [6, 6.07) is 8.38. The van der Waals surface area contributed by atoms with Crippen molar-refractivity contribution in [2.45, 2.75) is 39.0 Å². The minimum atomic E-state index is 0. The van der Waals surface area contributed by atoms with E-state index in [9.17, 15) is 0 Å². The Morgan fingerprint density at radius 3 is 2.42 bits per heavy atom. The molecule has 1 aliphatic rings. The Morgan fingerprint density at radius 2 is 1.74 bits per heavy atom. The third-order valence-electron chi connectivity index (χ3n) is 3.72.